The third kappa shape index (κ3) is 6.94. The molecule has 0 aliphatic heterocycles. The Kier molecular flexibility index (Phi) is 8.88. The predicted octanol–water partition coefficient (Wildman–Crippen LogP) is 3.55. The summed E-state index contributed by atoms with van der Waals surface area (Å²) in [6, 6.07) is 3.77. The number of nitrogens with two attached hydrogens (primary N) is 1. The van der Waals surface area contributed by atoms with Crippen molar-refractivity contribution in [1.82, 2.24) is 5.32 Å². The minimum atomic E-state index is -0.763. The van der Waals surface area contributed by atoms with Crippen molar-refractivity contribution in [2.24, 2.45) is 11.7 Å². The first-order valence-corrected chi connectivity index (χ1v) is 7.68. The van der Waals surface area contributed by atoms with Crippen LogP contribution in [-0.2, 0) is 4.79 Å². The summed E-state index contributed by atoms with van der Waals surface area (Å²) in [5.41, 5.74) is 5.29. The van der Waals surface area contributed by atoms with Crippen LogP contribution in [0.1, 0.15) is 34.1 Å². The number of nitrogens with one attached hydrogen (secondary N) is 1. The van der Waals surface area contributed by atoms with Gasteiger partial charge in [-0.1, -0.05) is 25.4 Å². The topological polar surface area (TPSA) is 64.3 Å². The second-order valence-electron chi connectivity index (χ2n) is 6.19. The highest BCUT2D eigenvalue weighted by atomic mass is 35.5. The van der Waals surface area contributed by atoms with Crippen LogP contribution in [-0.4, -0.2) is 24.1 Å². The average Bonchev–Trinajstić information content (AvgIpc) is 2.40. The molecule has 0 radical (unpaired) electrons. The highest BCUT2D eigenvalue weighted by Crippen LogP contribution is 2.26. The van der Waals surface area contributed by atoms with E-state index in [1.807, 2.05) is 6.92 Å². The Bertz CT molecular complexity index is 529. The van der Waals surface area contributed by atoms with Gasteiger partial charge in [0.05, 0.1) is 5.02 Å². The quantitative estimate of drug-likeness (QED) is 0.775. The van der Waals surface area contributed by atoms with Crippen molar-refractivity contribution in [1.29, 1.82) is 0 Å². The van der Waals surface area contributed by atoms with Gasteiger partial charge in [0.1, 0.15) is 11.6 Å². The first kappa shape index (κ1) is 22.0. The van der Waals surface area contributed by atoms with E-state index in [1.54, 1.807) is 6.92 Å². The first-order valence-electron chi connectivity index (χ1n) is 7.30. The zero-order chi connectivity index (χ0) is 16.9. The van der Waals surface area contributed by atoms with Crippen LogP contribution < -0.4 is 15.8 Å². The fourth-order valence-electron chi connectivity index (χ4n) is 2.30. The van der Waals surface area contributed by atoms with Crippen LogP contribution in [0.25, 0.3) is 0 Å². The maximum atomic E-state index is 13.0. The number of benzene rings is 1. The number of ether oxygens (including phenoxy) is 1. The molecule has 7 heteroatoms. The summed E-state index contributed by atoms with van der Waals surface area (Å²) in [5, 5.41) is 3.05. The lowest BCUT2D eigenvalue weighted by Gasteiger charge is -2.32. The normalized spacial score (nSPS) is 14.6. The number of carbonyl (C=O) groups is 1. The van der Waals surface area contributed by atoms with Crippen LogP contribution in [0.4, 0.5) is 4.39 Å². The van der Waals surface area contributed by atoms with Crippen molar-refractivity contribution < 1.29 is 13.9 Å². The summed E-state index contributed by atoms with van der Waals surface area (Å²) < 4.78 is 18.5. The van der Waals surface area contributed by atoms with Crippen molar-refractivity contribution >= 4 is 29.9 Å². The van der Waals surface area contributed by atoms with Gasteiger partial charge in [-0.05, 0) is 44.4 Å². The van der Waals surface area contributed by atoms with Gasteiger partial charge in [0, 0.05) is 12.1 Å². The molecule has 0 aliphatic carbocycles. The molecule has 0 aromatic heterocycles. The fourth-order valence-corrected chi connectivity index (χ4v) is 2.51. The monoisotopic (exact) mass is 366 g/mol. The molecule has 2 unspecified atom stereocenters. The Labute approximate surface area is 148 Å². The number of rotatable bonds is 7. The summed E-state index contributed by atoms with van der Waals surface area (Å²) in [4.78, 5) is 12.3. The largest absolute Gasteiger partial charge is 0.479 e. The zero-order valence-electron chi connectivity index (χ0n) is 13.9. The third-order valence-corrected chi connectivity index (χ3v) is 3.60. The van der Waals surface area contributed by atoms with Gasteiger partial charge in [0.15, 0.2) is 6.10 Å². The molecule has 0 heterocycles. The van der Waals surface area contributed by atoms with Gasteiger partial charge in [0.25, 0.3) is 5.91 Å². The van der Waals surface area contributed by atoms with Gasteiger partial charge in [-0.2, -0.15) is 0 Å². The molecule has 1 aromatic carbocycles. The Balaban J connectivity index is 0.00000484. The third-order valence-electron chi connectivity index (χ3n) is 3.30. The Morgan fingerprint density at radius 1 is 1.43 bits per heavy atom. The van der Waals surface area contributed by atoms with Crippen molar-refractivity contribution in [2.75, 3.05) is 6.54 Å². The molecular formula is C16H25Cl2FN2O2. The van der Waals surface area contributed by atoms with E-state index >= 15 is 0 Å². The van der Waals surface area contributed by atoms with Crippen molar-refractivity contribution in [3.8, 4) is 5.75 Å². The number of hydrogen-bond acceptors (Lipinski definition) is 3. The van der Waals surface area contributed by atoms with Crippen LogP contribution >= 0.6 is 24.0 Å². The fraction of sp³-hybridized carbons (Fsp3) is 0.562. The van der Waals surface area contributed by atoms with Crippen LogP contribution in [0.3, 0.4) is 0 Å². The Morgan fingerprint density at radius 2 is 2.04 bits per heavy atom. The molecule has 3 N–H and O–H groups in total. The molecule has 0 spiro atoms. The van der Waals surface area contributed by atoms with Crippen molar-refractivity contribution in [2.45, 2.75) is 45.8 Å². The molecule has 1 amide bonds. The summed E-state index contributed by atoms with van der Waals surface area (Å²) in [7, 11) is 0. The maximum Gasteiger partial charge on any atom is 0.261 e. The smallest absolute Gasteiger partial charge is 0.261 e. The molecule has 4 nitrogen and oxygen atoms in total. The van der Waals surface area contributed by atoms with E-state index in [1.165, 1.54) is 12.1 Å². The van der Waals surface area contributed by atoms with Crippen LogP contribution in [0.2, 0.25) is 5.02 Å². The SMILES string of the molecule is CC(C)CC(C)(CN)NC(=O)C(C)Oc1ccc(F)cc1Cl.Cl. The second kappa shape index (κ2) is 9.30. The molecule has 1 rings (SSSR count). The Morgan fingerprint density at radius 3 is 2.52 bits per heavy atom. The van der Waals surface area contributed by atoms with Crippen LogP contribution in [0, 0.1) is 11.7 Å². The predicted molar refractivity (Wildman–Crippen MR) is 93.8 cm³/mol. The standard InChI is InChI=1S/C16H24ClFN2O2.ClH/c1-10(2)8-16(4,9-19)20-15(21)11(3)22-14-6-5-12(18)7-13(14)17;/h5-7,10-11H,8-9,19H2,1-4H3,(H,20,21);1H. The molecular weight excluding hydrogens is 342 g/mol. The lowest BCUT2D eigenvalue weighted by Crippen LogP contribution is -2.55. The summed E-state index contributed by atoms with van der Waals surface area (Å²) in [5.74, 6) is -0.0725. The molecule has 1 aromatic rings. The summed E-state index contributed by atoms with van der Waals surface area (Å²) >= 11 is 5.89. The molecule has 132 valence electrons. The van der Waals surface area contributed by atoms with Crippen molar-refractivity contribution in [3.63, 3.8) is 0 Å². The van der Waals surface area contributed by atoms with E-state index < -0.39 is 17.5 Å². The zero-order valence-corrected chi connectivity index (χ0v) is 15.4. The van der Waals surface area contributed by atoms with Gasteiger partial charge < -0.3 is 15.8 Å². The number of carbonyl (C=O) groups excluding carboxylic acids is 1. The van der Waals surface area contributed by atoms with E-state index in [9.17, 15) is 9.18 Å². The van der Waals surface area contributed by atoms with Crippen LogP contribution in [0.15, 0.2) is 18.2 Å². The molecule has 2 atom stereocenters. The summed E-state index contributed by atoms with van der Waals surface area (Å²) in [6.07, 6.45) is 0.000195. The number of amides is 1. The second-order valence-corrected chi connectivity index (χ2v) is 6.59. The first-order chi connectivity index (χ1) is 10.2. The number of hydrogen-bond donors (Lipinski definition) is 2. The van der Waals surface area contributed by atoms with E-state index in [0.717, 1.165) is 12.5 Å². The Hall–Kier alpha value is -1.04. The van der Waals surface area contributed by atoms with Gasteiger partial charge in [-0.15, -0.1) is 12.4 Å². The van der Waals surface area contributed by atoms with Gasteiger partial charge in [-0.3, -0.25) is 4.79 Å². The summed E-state index contributed by atoms with van der Waals surface area (Å²) in [6.45, 7) is 7.99. The van der Waals surface area contributed by atoms with Gasteiger partial charge >= 0.3 is 0 Å². The van der Waals surface area contributed by atoms with E-state index in [2.05, 4.69) is 19.2 Å². The molecule has 0 saturated heterocycles. The maximum absolute atomic E-state index is 13.0. The molecule has 0 fully saturated rings. The number of halogens is 3. The molecule has 0 aliphatic rings. The minimum absolute atomic E-state index is 0. The molecule has 0 bridgehead atoms. The molecule has 0 saturated carbocycles. The minimum Gasteiger partial charge on any atom is -0.479 e. The van der Waals surface area contributed by atoms with E-state index in [0.29, 0.717) is 12.5 Å². The highest BCUT2D eigenvalue weighted by molar-refractivity contribution is 6.32. The van der Waals surface area contributed by atoms with E-state index in [4.69, 9.17) is 22.1 Å². The van der Waals surface area contributed by atoms with Gasteiger partial charge in [-0.25, -0.2) is 4.39 Å². The van der Waals surface area contributed by atoms with E-state index in [-0.39, 0.29) is 29.1 Å². The van der Waals surface area contributed by atoms with Crippen molar-refractivity contribution in [3.05, 3.63) is 29.0 Å². The highest BCUT2D eigenvalue weighted by Gasteiger charge is 2.28. The van der Waals surface area contributed by atoms with Gasteiger partial charge in [0.2, 0.25) is 0 Å². The average molecular weight is 367 g/mol. The molecule has 23 heavy (non-hydrogen) atoms. The lowest BCUT2D eigenvalue weighted by molar-refractivity contribution is -0.129. The van der Waals surface area contributed by atoms with Crippen LogP contribution in [0.5, 0.6) is 5.75 Å². The lowest BCUT2D eigenvalue weighted by atomic mass is 9.90.